The van der Waals surface area contributed by atoms with E-state index in [-0.39, 0.29) is 0 Å². The molecule has 0 radical (unpaired) electrons. The summed E-state index contributed by atoms with van der Waals surface area (Å²) in [6, 6.07) is 12.5. The van der Waals surface area contributed by atoms with Crippen molar-refractivity contribution in [2.45, 2.75) is 0 Å². The number of carbonyl (C=O) groups is 1. The molecule has 122 valence electrons. The number of carbonyl (C=O) groups excluding carboxylic acids is 1. The molecule has 0 fully saturated rings. The number of benzene rings is 2. The number of primary amides is 1. The minimum Gasteiger partial charge on any atom is -0.495 e. The van der Waals surface area contributed by atoms with E-state index in [1.165, 1.54) is 11.3 Å². The molecule has 24 heavy (non-hydrogen) atoms. The molecule has 0 spiro atoms. The van der Waals surface area contributed by atoms with Crippen LogP contribution in [0.1, 0.15) is 10.4 Å². The van der Waals surface area contributed by atoms with Gasteiger partial charge in [0.05, 0.1) is 17.8 Å². The van der Waals surface area contributed by atoms with Gasteiger partial charge in [0, 0.05) is 22.2 Å². The Hall–Kier alpha value is -2.57. The Morgan fingerprint density at radius 1 is 1.29 bits per heavy atom. The first kappa shape index (κ1) is 16.3. The average molecular weight is 360 g/mol. The second kappa shape index (κ2) is 6.90. The van der Waals surface area contributed by atoms with E-state index in [0.29, 0.717) is 16.3 Å². The highest BCUT2D eigenvalue weighted by atomic mass is 35.5. The summed E-state index contributed by atoms with van der Waals surface area (Å²) in [6.07, 6.45) is 0. The topological polar surface area (TPSA) is 77.2 Å². The van der Waals surface area contributed by atoms with E-state index in [4.69, 9.17) is 22.1 Å². The number of amides is 1. The fourth-order valence-corrected chi connectivity index (χ4v) is 3.16. The summed E-state index contributed by atoms with van der Waals surface area (Å²) in [5.41, 5.74) is 8.19. The molecule has 0 aliphatic heterocycles. The maximum Gasteiger partial charge on any atom is 0.248 e. The molecule has 1 heterocycles. The fraction of sp³-hybridized carbons (Fsp3) is 0.0588. The number of nitrogens with zero attached hydrogens (tertiary/aromatic N) is 1. The van der Waals surface area contributed by atoms with Crippen LogP contribution in [0.5, 0.6) is 5.75 Å². The Balaban J connectivity index is 1.82. The number of hydrogen-bond donors (Lipinski definition) is 2. The summed E-state index contributed by atoms with van der Waals surface area (Å²) in [4.78, 5) is 15.8. The lowest BCUT2D eigenvalue weighted by Gasteiger charge is -2.06. The van der Waals surface area contributed by atoms with E-state index in [1.807, 2.05) is 17.5 Å². The van der Waals surface area contributed by atoms with Crippen molar-refractivity contribution in [2.75, 3.05) is 12.4 Å². The Morgan fingerprint density at radius 3 is 2.83 bits per heavy atom. The van der Waals surface area contributed by atoms with Gasteiger partial charge in [-0.2, -0.15) is 0 Å². The van der Waals surface area contributed by atoms with E-state index < -0.39 is 5.91 Å². The van der Waals surface area contributed by atoms with E-state index in [2.05, 4.69) is 10.3 Å². The van der Waals surface area contributed by atoms with Gasteiger partial charge >= 0.3 is 0 Å². The molecule has 1 aromatic heterocycles. The van der Waals surface area contributed by atoms with Gasteiger partial charge in [0.1, 0.15) is 5.75 Å². The molecule has 0 bridgehead atoms. The monoisotopic (exact) mass is 359 g/mol. The summed E-state index contributed by atoms with van der Waals surface area (Å²) in [6.45, 7) is 0. The van der Waals surface area contributed by atoms with Gasteiger partial charge < -0.3 is 15.8 Å². The lowest BCUT2D eigenvalue weighted by Crippen LogP contribution is -2.10. The van der Waals surface area contributed by atoms with E-state index in [1.54, 1.807) is 37.4 Å². The lowest BCUT2D eigenvalue weighted by molar-refractivity contribution is 0.100. The number of nitrogens with one attached hydrogen (secondary N) is 1. The summed E-state index contributed by atoms with van der Waals surface area (Å²) < 4.78 is 5.13. The van der Waals surface area contributed by atoms with Crippen LogP contribution in [0.2, 0.25) is 5.02 Å². The predicted molar refractivity (Wildman–Crippen MR) is 97.4 cm³/mol. The van der Waals surface area contributed by atoms with E-state index in [9.17, 15) is 4.79 Å². The lowest BCUT2D eigenvalue weighted by atomic mass is 10.1. The molecular formula is C17H14ClN3O2S. The van der Waals surface area contributed by atoms with Crippen LogP contribution in [-0.2, 0) is 0 Å². The molecule has 0 unspecified atom stereocenters. The normalized spacial score (nSPS) is 10.4. The minimum absolute atomic E-state index is 0.456. The highest BCUT2D eigenvalue weighted by Gasteiger charge is 2.08. The number of hydrogen-bond acceptors (Lipinski definition) is 5. The molecule has 2 aromatic carbocycles. The number of nitrogens with two attached hydrogens (primary N) is 1. The third-order valence-electron chi connectivity index (χ3n) is 3.35. The van der Waals surface area contributed by atoms with Crippen molar-refractivity contribution < 1.29 is 9.53 Å². The zero-order valence-corrected chi connectivity index (χ0v) is 14.3. The molecule has 7 heteroatoms. The van der Waals surface area contributed by atoms with Crippen LogP contribution in [0.25, 0.3) is 11.3 Å². The van der Waals surface area contributed by atoms with Gasteiger partial charge in [-0.1, -0.05) is 23.7 Å². The first-order valence-corrected chi connectivity index (χ1v) is 8.29. The van der Waals surface area contributed by atoms with Crippen molar-refractivity contribution in [2.24, 2.45) is 5.73 Å². The molecule has 3 rings (SSSR count). The third-order valence-corrected chi connectivity index (χ3v) is 4.40. The van der Waals surface area contributed by atoms with Crippen LogP contribution in [0.3, 0.4) is 0 Å². The van der Waals surface area contributed by atoms with Crippen LogP contribution >= 0.6 is 22.9 Å². The summed E-state index contributed by atoms with van der Waals surface area (Å²) in [5.74, 6) is 0.156. The van der Waals surface area contributed by atoms with Crippen LogP contribution < -0.4 is 15.8 Å². The molecule has 0 atom stereocenters. The standard InChI is InChI=1S/C17H14ClN3O2S/c1-23-15-6-5-12(8-13(15)18)20-17-21-14(9-24-17)10-3-2-4-11(7-10)16(19)22/h2-9H,1H3,(H2,19,22)(H,20,21). The third kappa shape index (κ3) is 3.50. The SMILES string of the molecule is COc1ccc(Nc2nc(-c3cccc(C(N)=O)c3)cs2)cc1Cl. The Kier molecular flexibility index (Phi) is 4.69. The largest absolute Gasteiger partial charge is 0.495 e. The number of halogens is 1. The first-order valence-electron chi connectivity index (χ1n) is 7.03. The highest BCUT2D eigenvalue weighted by molar-refractivity contribution is 7.14. The summed E-state index contributed by atoms with van der Waals surface area (Å²) >= 11 is 7.57. The molecule has 5 nitrogen and oxygen atoms in total. The van der Waals surface area contributed by atoms with Gasteiger partial charge in [-0.3, -0.25) is 4.79 Å². The average Bonchev–Trinajstić information content (AvgIpc) is 3.04. The summed E-state index contributed by atoms with van der Waals surface area (Å²) in [5, 5.41) is 6.35. The van der Waals surface area contributed by atoms with Crippen LogP contribution in [0.15, 0.2) is 47.8 Å². The van der Waals surface area contributed by atoms with Crippen molar-refractivity contribution in [1.29, 1.82) is 0 Å². The van der Waals surface area contributed by atoms with Gasteiger partial charge in [0.25, 0.3) is 0 Å². The zero-order chi connectivity index (χ0) is 17.1. The molecule has 0 saturated carbocycles. The molecule has 0 aliphatic carbocycles. The van der Waals surface area contributed by atoms with Crippen molar-refractivity contribution in [1.82, 2.24) is 4.98 Å². The van der Waals surface area contributed by atoms with Crippen molar-refractivity contribution in [3.05, 3.63) is 58.4 Å². The molecule has 3 N–H and O–H groups in total. The number of anilines is 2. The smallest absolute Gasteiger partial charge is 0.248 e. The zero-order valence-electron chi connectivity index (χ0n) is 12.7. The van der Waals surface area contributed by atoms with E-state index >= 15 is 0 Å². The Morgan fingerprint density at radius 2 is 2.12 bits per heavy atom. The molecule has 0 saturated heterocycles. The highest BCUT2D eigenvalue weighted by Crippen LogP contribution is 2.31. The molecule has 1 amide bonds. The van der Waals surface area contributed by atoms with Gasteiger partial charge in [-0.25, -0.2) is 4.98 Å². The van der Waals surface area contributed by atoms with Crippen molar-refractivity contribution >= 4 is 39.7 Å². The van der Waals surface area contributed by atoms with Crippen LogP contribution in [0, 0.1) is 0 Å². The molecule has 0 aliphatic rings. The van der Waals surface area contributed by atoms with Gasteiger partial charge in [0.15, 0.2) is 5.13 Å². The Labute approximate surface area is 148 Å². The first-order chi connectivity index (χ1) is 11.6. The molecule has 3 aromatic rings. The number of ether oxygens (including phenoxy) is 1. The number of rotatable bonds is 5. The quantitative estimate of drug-likeness (QED) is 0.711. The Bertz CT molecular complexity index is 895. The predicted octanol–water partition coefficient (Wildman–Crippen LogP) is 4.31. The van der Waals surface area contributed by atoms with Crippen molar-refractivity contribution in [3.8, 4) is 17.0 Å². The maximum atomic E-state index is 11.3. The second-order valence-corrected chi connectivity index (χ2v) is 6.22. The minimum atomic E-state index is -0.460. The van der Waals surface area contributed by atoms with Crippen LogP contribution in [0.4, 0.5) is 10.8 Å². The van der Waals surface area contributed by atoms with Gasteiger partial charge in [0.2, 0.25) is 5.91 Å². The van der Waals surface area contributed by atoms with E-state index in [0.717, 1.165) is 22.1 Å². The van der Waals surface area contributed by atoms with Gasteiger partial charge in [-0.15, -0.1) is 11.3 Å². The van der Waals surface area contributed by atoms with Crippen molar-refractivity contribution in [3.63, 3.8) is 0 Å². The summed E-state index contributed by atoms with van der Waals surface area (Å²) in [7, 11) is 1.57. The van der Waals surface area contributed by atoms with Gasteiger partial charge in [-0.05, 0) is 30.3 Å². The number of thiazole rings is 1. The van der Waals surface area contributed by atoms with Crippen LogP contribution in [-0.4, -0.2) is 18.0 Å². The molecular weight excluding hydrogens is 346 g/mol. The second-order valence-electron chi connectivity index (χ2n) is 4.96. The maximum absolute atomic E-state index is 11.3. The fourth-order valence-electron chi connectivity index (χ4n) is 2.16. The number of aromatic nitrogens is 1. The number of methoxy groups -OCH3 is 1.